The molecule has 0 spiro atoms. The van der Waals surface area contributed by atoms with Gasteiger partial charge in [-0.2, -0.15) is 0 Å². The fourth-order valence-corrected chi connectivity index (χ4v) is 7.02. The molecule has 8 aromatic rings. The molecule has 9 nitrogen and oxygen atoms in total. The molecule has 0 bridgehead atoms. The fraction of sp³-hybridized carbons (Fsp3) is 0.0943. The summed E-state index contributed by atoms with van der Waals surface area (Å²) in [5.41, 5.74) is 4.57. The molecule has 11 heteroatoms. The summed E-state index contributed by atoms with van der Waals surface area (Å²) in [4.78, 5) is 0. The van der Waals surface area contributed by atoms with Gasteiger partial charge in [-0.3, -0.25) is 0 Å². The van der Waals surface area contributed by atoms with Crippen molar-refractivity contribution in [2.75, 3.05) is 6.66 Å². The minimum absolute atomic E-state index is 0. The standard InChI is InChI=1S/C20H18O3.C13H13O3P.C12H10O2.C6H6O.2CH4.Na/c1-20(14-2-8-17(21)9-3-14,15-4-10-18(22)11-5-15)16-6-12-19(23)13-7-16;1-17(14,15-12-8-4-2-5-9-12)16-13-10-6-3-7-11-13;13-11-5-1-9(2-6-11)10-3-7-12(14)8-4-10;7-6-4-2-1-3-5-6;;;/h2-13,21-23H,1H3;2-11H,1H3;1-8,13-14H;1-5,7H;2*1H4;/q;;;;;;+1/p-1. The monoisotopic (exact) mass is 888 g/mol. The van der Waals surface area contributed by atoms with Crippen LogP contribution in [0.5, 0.6) is 46.0 Å². The average Bonchev–Trinajstić information content (AvgIpc) is 3.26. The summed E-state index contributed by atoms with van der Waals surface area (Å²) in [6, 6.07) is 61.5. The van der Waals surface area contributed by atoms with E-state index in [2.05, 4.69) is 6.92 Å². The Balaban J connectivity index is 0.000000307. The first kappa shape index (κ1) is 53.5. The van der Waals surface area contributed by atoms with E-state index in [1.807, 2.05) is 103 Å². The topological polar surface area (TPSA) is 160 Å². The molecule has 8 aromatic carbocycles. The third-order valence-corrected chi connectivity index (χ3v) is 10.3. The Kier molecular flexibility index (Phi) is 21.8. The van der Waals surface area contributed by atoms with Crippen molar-refractivity contribution in [3.8, 4) is 57.1 Å². The molecule has 0 aliphatic carbocycles. The molecule has 8 rings (SSSR count). The van der Waals surface area contributed by atoms with Crippen LogP contribution in [-0.2, 0) is 9.98 Å². The van der Waals surface area contributed by atoms with Gasteiger partial charge in [-0.25, -0.2) is 4.57 Å². The van der Waals surface area contributed by atoms with E-state index < -0.39 is 13.0 Å². The molecule has 5 N–H and O–H groups in total. The Morgan fingerprint density at radius 1 is 0.406 bits per heavy atom. The van der Waals surface area contributed by atoms with Gasteiger partial charge in [0.2, 0.25) is 0 Å². The van der Waals surface area contributed by atoms with Crippen LogP contribution in [0.25, 0.3) is 11.1 Å². The number of benzene rings is 8. The van der Waals surface area contributed by atoms with Crippen molar-refractivity contribution >= 4 is 7.60 Å². The summed E-state index contributed by atoms with van der Waals surface area (Å²) in [7, 11) is -3.14. The molecule has 64 heavy (non-hydrogen) atoms. The molecule has 0 unspecified atom stereocenters. The first-order valence-corrected chi connectivity index (χ1v) is 21.1. The molecule has 0 saturated carbocycles. The minimum atomic E-state index is -3.14. The Morgan fingerprint density at radius 2 is 0.641 bits per heavy atom. The van der Waals surface area contributed by atoms with E-state index in [9.17, 15) is 25.0 Å². The maximum absolute atomic E-state index is 12.1. The number of rotatable bonds is 8. The summed E-state index contributed by atoms with van der Waals surface area (Å²) in [6.45, 7) is 3.53. The van der Waals surface area contributed by atoms with Crippen molar-refractivity contribution in [2.45, 2.75) is 27.2 Å². The van der Waals surface area contributed by atoms with Crippen LogP contribution in [0.3, 0.4) is 0 Å². The second kappa shape index (κ2) is 26.1. The van der Waals surface area contributed by atoms with E-state index in [-0.39, 0.29) is 78.9 Å². The Morgan fingerprint density at radius 3 is 0.875 bits per heavy atom. The smallest absolute Gasteiger partial charge is 0.872 e. The number of aromatic hydroxyl groups is 5. The van der Waals surface area contributed by atoms with Gasteiger partial charge in [-0.05, 0) is 120 Å². The van der Waals surface area contributed by atoms with Crippen LogP contribution in [0.2, 0.25) is 0 Å². The molecule has 0 amide bonds. The molecule has 0 aliphatic heterocycles. The summed E-state index contributed by atoms with van der Waals surface area (Å²) in [5, 5.41) is 57.2. The third-order valence-electron chi connectivity index (χ3n) is 9.17. The molecule has 0 aromatic heterocycles. The first-order valence-electron chi connectivity index (χ1n) is 19.1. The van der Waals surface area contributed by atoms with E-state index in [0.717, 1.165) is 27.8 Å². The molecular formula is C53H54NaO9P. The van der Waals surface area contributed by atoms with Crippen LogP contribution >= 0.6 is 7.60 Å². The largest absolute Gasteiger partial charge is 1.00 e. The Bertz CT molecular complexity index is 2340. The van der Waals surface area contributed by atoms with Gasteiger partial charge in [0.1, 0.15) is 40.2 Å². The SMILES string of the molecule is C.C.CC(c1ccc(O)cc1)(c1ccc(O)cc1)c1ccc(O)cc1.CP(=O)(Oc1ccccc1)Oc1ccccc1.Oc1ccc(-c2ccc(O)cc2)cc1.[Na+].[O-]c1ccccc1. The summed E-state index contributed by atoms with van der Waals surface area (Å²) in [6.07, 6.45) is 0. The van der Waals surface area contributed by atoms with E-state index in [1.165, 1.54) is 18.8 Å². The summed E-state index contributed by atoms with van der Waals surface area (Å²) >= 11 is 0. The molecule has 0 fully saturated rings. The molecule has 0 radical (unpaired) electrons. The molecule has 0 atom stereocenters. The van der Waals surface area contributed by atoms with Gasteiger partial charge < -0.3 is 39.7 Å². The third kappa shape index (κ3) is 16.6. The maximum atomic E-state index is 12.1. The zero-order chi connectivity index (χ0) is 43.7. The number of para-hydroxylation sites is 3. The quantitative estimate of drug-likeness (QED) is 0.0569. The van der Waals surface area contributed by atoms with E-state index in [4.69, 9.17) is 19.3 Å². The zero-order valence-electron chi connectivity index (χ0n) is 34.5. The van der Waals surface area contributed by atoms with Gasteiger partial charge in [-0.1, -0.05) is 142 Å². The van der Waals surface area contributed by atoms with Gasteiger partial charge in [0.25, 0.3) is 0 Å². The zero-order valence-corrected chi connectivity index (χ0v) is 37.4. The predicted molar refractivity (Wildman–Crippen MR) is 252 cm³/mol. The maximum Gasteiger partial charge on any atom is 1.00 e. The van der Waals surface area contributed by atoms with E-state index >= 15 is 0 Å². The van der Waals surface area contributed by atoms with Crippen molar-refractivity contribution in [3.05, 3.63) is 229 Å². The van der Waals surface area contributed by atoms with Crippen molar-refractivity contribution in [2.24, 2.45) is 0 Å². The van der Waals surface area contributed by atoms with Gasteiger partial charge in [0.15, 0.2) is 0 Å². The normalized spacial score (nSPS) is 10.1. The van der Waals surface area contributed by atoms with Gasteiger partial charge in [-0.15, -0.1) is 5.75 Å². The predicted octanol–water partition coefficient (Wildman–Crippen LogP) is 9.93. The van der Waals surface area contributed by atoms with Gasteiger partial charge in [0.05, 0.1) is 6.66 Å². The molecule has 0 heterocycles. The van der Waals surface area contributed by atoms with Crippen molar-refractivity contribution in [3.63, 3.8) is 0 Å². The molecular weight excluding hydrogens is 835 g/mol. The number of hydrogen-bond acceptors (Lipinski definition) is 9. The van der Waals surface area contributed by atoms with Crippen molar-refractivity contribution in [1.29, 1.82) is 0 Å². The van der Waals surface area contributed by atoms with E-state index in [0.29, 0.717) is 11.5 Å². The molecule has 0 aliphatic rings. The summed E-state index contributed by atoms with van der Waals surface area (Å²) in [5.74, 6) is 2.30. The first-order chi connectivity index (χ1) is 29.3. The minimum Gasteiger partial charge on any atom is -0.872 e. The molecule has 326 valence electrons. The Hall–Kier alpha value is -6.61. The van der Waals surface area contributed by atoms with Crippen LogP contribution in [0.4, 0.5) is 0 Å². The van der Waals surface area contributed by atoms with E-state index in [1.54, 1.807) is 97.1 Å². The summed E-state index contributed by atoms with van der Waals surface area (Å²) < 4.78 is 22.8. The molecule has 0 saturated heterocycles. The Labute approximate surface area is 399 Å². The second-order valence-electron chi connectivity index (χ2n) is 13.8. The number of phenolic OH excluding ortho intramolecular Hbond substituents is 5. The average molecular weight is 889 g/mol. The van der Waals surface area contributed by atoms with Crippen LogP contribution < -0.4 is 43.7 Å². The van der Waals surface area contributed by atoms with Crippen LogP contribution in [0, 0.1) is 0 Å². The van der Waals surface area contributed by atoms with Crippen LogP contribution in [0.15, 0.2) is 212 Å². The number of phenols is 5. The van der Waals surface area contributed by atoms with Crippen LogP contribution in [0.1, 0.15) is 38.5 Å². The van der Waals surface area contributed by atoms with Crippen LogP contribution in [-0.4, -0.2) is 32.2 Å². The number of hydrogen-bond donors (Lipinski definition) is 5. The van der Waals surface area contributed by atoms with Crippen molar-refractivity contribution in [1.82, 2.24) is 0 Å². The fourth-order valence-electron chi connectivity index (χ4n) is 5.98. The van der Waals surface area contributed by atoms with Gasteiger partial charge >= 0.3 is 37.2 Å². The second-order valence-corrected chi connectivity index (χ2v) is 15.7. The van der Waals surface area contributed by atoms with Gasteiger partial charge in [0, 0.05) is 5.41 Å². The van der Waals surface area contributed by atoms with Crippen molar-refractivity contribution < 1.29 is 73.8 Å².